The smallest absolute Gasteiger partial charge is 0.352 e. The van der Waals surface area contributed by atoms with Gasteiger partial charge in [0.15, 0.2) is 0 Å². The van der Waals surface area contributed by atoms with Gasteiger partial charge in [0.05, 0.1) is 0 Å². The number of nitrogens with one attached hydrogen (secondary N) is 1. The van der Waals surface area contributed by atoms with Gasteiger partial charge in [0.1, 0.15) is 10.6 Å². The van der Waals surface area contributed by atoms with Crippen molar-refractivity contribution in [3.05, 3.63) is 18.0 Å². The number of aryl methyl sites for hydroxylation is 1. The molecule has 0 amide bonds. The minimum Gasteiger partial charge on any atom is -0.477 e. The lowest BCUT2D eigenvalue weighted by Crippen LogP contribution is -2.27. The van der Waals surface area contributed by atoms with Gasteiger partial charge in [-0.3, -0.25) is 0 Å². The number of aromatic carboxylic acids is 1. The summed E-state index contributed by atoms with van der Waals surface area (Å²) in [7, 11) is -3.62. The number of carbonyl (C=O) groups is 1. The molecule has 0 bridgehead atoms. The Morgan fingerprint density at radius 3 is 2.65 bits per heavy atom. The van der Waals surface area contributed by atoms with Crippen molar-refractivity contribution in [3.8, 4) is 0 Å². The minimum absolute atomic E-state index is 0.00753. The molecule has 1 aliphatic carbocycles. The van der Waals surface area contributed by atoms with Gasteiger partial charge in [0.2, 0.25) is 10.0 Å². The average Bonchev–Trinajstić information content (AvgIpc) is 2.77. The Balaban J connectivity index is 2.06. The molecule has 0 aromatic carbocycles. The summed E-state index contributed by atoms with van der Waals surface area (Å²) in [6.07, 6.45) is 5.81. The second-order valence-corrected chi connectivity index (χ2v) is 6.90. The second kappa shape index (κ2) is 5.97. The van der Waals surface area contributed by atoms with Crippen LogP contribution in [0.4, 0.5) is 0 Å². The highest BCUT2D eigenvalue weighted by Crippen LogP contribution is 2.28. The van der Waals surface area contributed by atoms with Crippen LogP contribution in [0.15, 0.2) is 17.2 Å². The van der Waals surface area contributed by atoms with Crippen LogP contribution < -0.4 is 4.72 Å². The van der Waals surface area contributed by atoms with E-state index >= 15 is 0 Å². The minimum atomic E-state index is -3.62. The third kappa shape index (κ3) is 3.21. The molecular weight excluding hydrogens is 280 g/mol. The van der Waals surface area contributed by atoms with E-state index in [2.05, 4.69) is 4.72 Å². The van der Waals surface area contributed by atoms with Gasteiger partial charge < -0.3 is 9.67 Å². The normalized spacial score (nSPS) is 16.1. The summed E-state index contributed by atoms with van der Waals surface area (Å²) in [5, 5.41) is 9.03. The fourth-order valence-corrected chi connectivity index (χ4v) is 3.42. The summed E-state index contributed by atoms with van der Waals surface area (Å²) in [6, 6.07) is 1.21. The van der Waals surface area contributed by atoms with Gasteiger partial charge in [-0.2, -0.15) is 0 Å². The summed E-state index contributed by atoms with van der Waals surface area (Å²) >= 11 is 0. The fourth-order valence-electron chi connectivity index (χ4n) is 2.33. The van der Waals surface area contributed by atoms with Crippen LogP contribution in [0.2, 0.25) is 0 Å². The lowest BCUT2D eigenvalue weighted by Gasteiger charge is -2.24. The van der Waals surface area contributed by atoms with Crippen LogP contribution in [0.5, 0.6) is 0 Å². The molecule has 0 unspecified atom stereocenters. The molecule has 2 N–H and O–H groups in total. The van der Waals surface area contributed by atoms with E-state index in [-0.39, 0.29) is 10.6 Å². The van der Waals surface area contributed by atoms with E-state index in [1.165, 1.54) is 36.1 Å². The molecule has 112 valence electrons. The van der Waals surface area contributed by atoms with Crippen molar-refractivity contribution in [2.24, 2.45) is 5.92 Å². The Morgan fingerprint density at radius 1 is 1.50 bits per heavy atom. The molecule has 1 aromatic rings. The standard InChI is InChI=1S/C13H20N2O4S/c1-2-15-9-11(8-12(15)13(16)17)20(18,19)14-7-6-10-4-3-5-10/h8-10,14H,2-7H2,1H3,(H,16,17). The van der Waals surface area contributed by atoms with Crippen LogP contribution in [0.25, 0.3) is 0 Å². The Morgan fingerprint density at radius 2 is 2.20 bits per heavy atom. The van der Waals surface area contributed by atoms with Crippen LogP contribution in [-0.4, -0.2) is 30.6 Å². The number of rotatable bonds is 7. The number of hydrogen-bond donors (Lipinski definition) is 2. The molecule has 1 saturated carbocycles. The van der Waals surface area contributed by atoms with Crippen LogP contribution in [0.1, 0.15) is 43.1 Å². The van der Waals surface area contributed by atoms with E-state index in [4.69, 9.17) is 5.11 Å². The highest BCUT2D eigenvalue weighted by molar-refractivity contribution is 7.89. The van der Waals surface area contributed by atoms with Gasteiger partial charge in [-0.25, -0.2) is 17.9 Å². The van der Waals surface area contributed by atoms with Crippen LogP contribution in [0.3, 0.4) is 0 Å². The number of carboxylic acid groups (broad SMARTS) is 1. The molecule has 0 saturated heterocycles. The third-order valence-corrected chi connectivity index (χ3v) is 5.24. The molecule has 6 nitrogen and oxygen atoms in total. The molecule has 0 aliphatic heterocycles. The summed E-state index contributed by atoms with van der Waals surface area (Å²) in [6.45, 7) is 2.60. The predicted octanol–water partition coefficient (Wildman–Crippen LogP) is 1.67. The maximum absolute atomic E-state index is 12.1. The zero-order valence-electron chi connectivity index (χ0n) is 11.5. The summed E-state index contributed by atoms with van der Waals surface area (Å²) in [4.78, 5) is 11.1. The lowest BCUT2D eigenvalue weighted by atomic mass is 9.83. The van der Waals surface area contributed by atoms with Crippen molar-refractivity contribution in [2.45, 2.75) is 44.0 Å². The number of sulfonamides is 1. The molecule has 1 aromatic heterocycles. The first kappa shape index (κ1) is 15.1. The molecule has 0 radical (unpaired) electrons. The average molecular weight is 300 g/mol. The van der Waals surface area contributed by atoms with Gasteiger partial charge >= 0.3 is 5.97 Å². The SMILES string of the molecule is CCn1cc(S(=O)(=O)NCCC2CCC2)cc1C(=O)O. The van der Waals surface area contributed by atoms with Gasteiger partial charge in [-0.15, -0.1) is 0 Å². The first-order valence-electron chi connectivity index (χ1n) is 6.87. The van der Waals surface area contributed by atoms with E-state index in [9.17, 15) is 13.2 Å². The first-order chi connectivity index (χ1) is 9.44. The van der Waals surface area contributed by atoms with Crippen molar-refractivity contribution >= 4 is 16.0 Å². The van der Waals surface area contributed by atoms with Crippen molar-refractivity contribution in [2.75, 3.05) is 6.54 Å². The largest absolute Gasteiger partial charge is 0.477 e. The Hall–Kier alpha value is -1.34. The second-order valence-electron chi connectivity index (χ2n) is 5.14. The van der Waals surface area contributed by atoms with E-state index in [0.717, 1.165) is 6.42 Å². The van der Waals surface area contributed by atoms with E-state index < -0.39 is 16.0 Å². The molecule has 1 heterocycles. The monoisotopic (exact) mass is 300 g/mol. The number of aromatic nitrogens is 1. The first-order valence-corrected chi connectivity index (χ1v) is 8.35. The van der Waals surface area contributed by atoms with E-state index in [1.807, 2.05) is 0 Å². The molecule has 0 spiro atoms. The quantitative estimate of drug-likeness (QED) is 0.802. The maximum Gasteiger partial charge on any atom is 0.352 e. The molecule has 1 aliphatic rings. The molecule has 2 rings (SSSR count). The fraction of sp³-hybridized carbons (Fsp3) is 0.615. The molecular formula is C13H20N2O4S. The van der Waals surface area contributed by atoms with E-state index in [1.54, 1.807) is 6.92 Å². The van der Waals surface area contributed by atoms with Crippen molar-refractivity contribution < 1.29 is 18.3 Å². The van der Waals surface area contributed by atoms with Crippen molar-refractivity contribution in [1.29, 1.82) is 0 Å². The van der Waals surface area contributed by atoms with Crippen LogP contribution >= 0.6 is 0 Å². The Bertz CT molecular complexity index is 588. The zero-order chi connectivity index (χ0) is 14.8. The summed E-state index contributed by atoms with van der Waals surface area (Å²) < 4.78 is 28.2. The Kier molecular flexibility index (Phi) is 4.49. The Labute approximate surface area is 118 Å². The number of hydrogen-bond acceptors (Lipinski definition) is 3. The molecule has 0 atom stereocenters. The highest BCUT2D eigenvalue weighted by atomic mass is 32.2. The van der Waals surface area contributed by atoms with Crippen LogP contribution in [-0.2, 0) is 16.6 Å². The van der Waals surface area contributed by atoms with Gasteiger partial charge in [0, 0.05) is 19.3 Å². The topological polar surface area (TPSA) is 88.4 Å². The number of carboxylic acids is 1. The maximum atomic E-state index is 12.1. The molecule has 1 fully saturated rings. The summed E-state index contributed by atoms with van der Waals surface area (Å²) in [5.41, 5.74) is -0.00753. The van der Waals surface area contributed by atoms with Gasteiger partial charge in [-0.1, -0.05) is 19.3 Å². The third-order valence-electron chi connectivity index (χ3n) is 3.81. The van der Waals surface area contributed by atoms with E-state index in [0.29, 0.717) is 19.0 Å². The van der Waals surface area contributed by atoms with Crippen LogP contribution in [0, 0.1) is 5.92 Å². The predicted molar refractivity (Wildman–Crippen MR) is 74.2 cm³/mol. The number of nitrogens with zero attached hydrogens (tertiary/aromatic N) is 1. The van der Waals surface area contributed by atoms with Crippen molar-refractivity contribution in [3.63, 3.8) is 0 Å². The molecule has 7 heteroatoms. The van der Waals surface area contributed by atoms with Gasteiger partial charge in [-0.05, 0) is 25.3 Å². The van der Waals surface area contributed by atoms with Gasteiger partial charge in [0.25, 0.3) is 0 Å². The lowest BCUT2D eigenvalue weighted by molar-refractivity contribution is 0.0685. The molecule has 20 heavy (non-hydrogen) atoms. The van der Waals surface area contributed by atoms with Crippen molar-refractivity contribution in [1.82, 2.24) is 9.29 Å². The highest BCUT2D eigenvalue weighted by Gasteiger charge is 2.22. The zero-order valence-corrected chi connectivity index (χ0v) is 12.3. The summed E-state index contributed by atoms with van der Waals surface area (Å²) in [5.74, 6) is -0.490.